The van der Waals surface area contributed by atoms with Gasteiger partial charge in [0.1, 0.15) is 5.75 Å². The summed E-state index contributed by atoms with van der Waals surface area (Å²) in [4.78, 5) is 27.8. The summed E-state index contributed by atoms with van der Waals surface area (Å²) in [6.45, 7) is 7.79. The van der Waals surface area contributed by atoms with Crippen LogP contribution in [0.1, 0.15) is 19.4 Å². The van der Waals surface area contributed by atoms with Crippen LogP contribution >= 0.6 is 0 Å². The molecule has 1 saturated heterocycles. The van der Waals surface area contributed by atoms with E-state index in [2.05, 4.69) is 17.1 Å². The standard InChI is InChI=1S/C18H27N3O3/c1-3-15-7-5-6-8-16(15)24-14-18(23)21-11-9-20(10-12-21)13-17(22)19-4-2/h5-8H,3-4,9-14H2,1-2H3,(H,19,22). The number of aryl methyl sites for hydroxylation is 1. The molecule has 6 heteroatoms. The van der Waals surface area contributed by atoms with Crippen molar-refractivity contribution >= 4 is 11.8 Å². The largest absolute Gasteiger partial charge is 0.483 e. The topological polar surface area (TPSA) is 61.9 Å². The molecule has 1 aliphatic heterocycles. The van der Waals surface area contributed by atoms with Gasteiger partial charge in [0.05, 0.1) is 6.54 Å². The fraction of sp³-hybridized carbons (Fsp3) is 0.556. The van der Waals surface area contributed by atoms with E-state index >= 15 is 0 Å². The van der Waals surface area contributed by atoms with Gasteiger partial charge in [0.2, 0.25) is 5.91 Å². The van der Waals surface area contributed by atoms with E-state index in [4.69, 9.17) is 4.74 Å². The van der Waals surface area contributed by atoms with E-state index in [0.717, 1.165) is 17.7 Å². The number of nitrogens with one attached hydrogen (secondary N) is 1. The molecule has 24 heavy (non-hydrogen) atoms. The molecule has 0 bridgehead atoms. The number of benzene rings is 1. The number of carbonyl (C=O) groups excluding carboxylic acids is 2. The molecule has 1 aromatic carbocycles. The second-order valence-electron chi connectivity index (χ2n) is 5.86. The Hall–Kier alpha value is -2.08. The summed E-state index contributed by atoms with van der Waals surface area (Å²) in [5.41, 5.74) is 1.11. The van der Waals surface area contributed by atoms with E-state index in [9.17, 15) is 9.59 Å². The molecule has 1 aliphatic rings. The van der Waals surface area contributed by atoms with Crippen molar-refractivity contribution in [2.75, 3.05) is 45.9 Å². The van der Waals surface area contributed by atoms with Gasteiger partial charge in [0.25, 0.3) is 5.91 Å². The summed E-state index contributed by atoms with van der Waals surface area (Å²) in [5, 5.41) is 2.79. The van der Waals surface area contributed by atoms with Crippen LogP contribution in [0.3, 0.4) is 0 Å². The lowest BCUT2D eigenvalue weighted by atomic mass is 10.1. The van der Waals surface area contributed by atoms with Gasteiger partial charge in [0.15, 0.2) is 6.61 Å². The first-order chi connectivity index (χ1) is 11.6. The Bertz CT molecular complexity index is 554. The highest BCUT2D eigenvalue weighted by Gasteiger charge is 2.22. The van der Waals surface area contributed by atoms with Gasteiger partial charge in [0, 0.05) is 32.7 Å². The van der Waals surface area contributed by atoms with Crippen LogP contribution in [0.25, 0.3) is 0 Å². The van der Waals surface area contributed by atoms with Crippen molar-refractivity contribution in [1.29, 1.82) is 0 Å². The van der Waals surface area contributed by atoms with Crippen LogP contribution in [0, 0.1) is 0 Å². The van der Waals surface area contributed by atoms with Crippen LogP contribution in [0.15, 0.2) is 24.3 Å². The number of carbonyl (C=O) groups is 2. The smallest absolute Gasteiger partial charge is 0.260 e. The first-order valence-electron chi connectivity index (χ1n) is 8.61. The van der Waals surface area contributed by atoms with Gasteiger partial charge in [-0.2, -0.15) is 0 Å². The molecular weight excluding hydrogens is 306 g/mol. The van der Waals surface area contributed by atoms with E-state index < -0.39 is 0 Å². The molecule has 2 amide bonds. The van der Waals surface area contributed by atoms with Crippen molar-refractivity contribution in [2.45, 2.75) is 20.3 Å². The Balaban J connectivity index is 1.75. The lowest BCUT2D eigenvalue weighted by Crippen LogP contribution is -2.52. The summed E-state index contributed by atoms with van der Waals surface area (Å²) < 4.78 is 5.70. The van der Waals surface area contributed by atoms with E-state index in [1.54, 1.807) is 0 Å². The van der Waals surface area contributed by atoms with Crippen LogP contribution in [0.4, 0.5) is 0 Å². The molecule has 0 atom stereocenters. The van der Waals surface area contributed by atoms with Gasteiger partial charge in [-0.1, -0.05) is 25.1 Å². The van der Waals surface area contributed by atoms with Gasteiger partial charge < -0.3 is 15.0 Å². The second kappa shape index (κ2) is 9.27. The predicted molar refractivity (Wildman–Crippen MR) is 93.0 cm³/mol. The summed E-state index contributed by atoms with van der Waals surface area (Å²) in [7, 11) is 0. The molecule has 1 fully saturated rings. The molecule has 2 rings (SSSR count). The highest BCUT2D eigenvalue weighted by molar-refractivity contribution is 5.79. The molecular formula is C18H27N3O3. The van der Waals surface area contributed by atoms with Crippen LogP contribution in [-0.4, -0.2) is 67.5 Å². The summed E-state index contributed by atoms with van der Waals surface area (Å²) in [6, 6.07) is 7.80. The van der Waals surface area contributed by atoms with E-state index in [-0.39, 0.29) is 18.4 Å². The number of para-hydroxylation sites is 1. The van der Waals surface area contributed by atoms with Gasteiger partial charge in [-0.3, -0.25) is 14.5 Å². The number of nitrogens with zero attached hydrogens (tertiary/aromatic N) is 2. The minimum Gasteiger partial charge on any atom is -0.483 e. The lowest BCUT2D eigenvalue weighted by Gasteiger charge is -2.34. The van der Waals surface area contributed by atoms with Gasteiger partial charge in [-0.05, 0) is 25.0 Å². The molecule has 0 aromatic heterocycles. The Morgan fingerprint density at radius 2 is 1.83 bits per heavy atom. The molecule has 0 saturated carbocycles. The highest BCUT2D eigenvalue weighted by atomic mass is 16.5. The third-order valence-electron chi connectivity index (χ3n) is 4.17. The number of amides is 2. The lowest BCUT2D eigenvalue weighted by molar-refractivity contribution is -0.135. The van der Waals surface area contributed by atoms with Crippen molar-refractivity contribution in [3.05, 3.63) is 29.8 Å². The predicted octanol–water partition coefficient (Wildman–Crippen LogP) is 0.908. The molecule has 1 aromatic rings. The molecule has 0 unspecified atom stereocenters. The quantitative estimate of drug-likeness (QED) is 0.806. The van der Waals surface area contributed by atoms with E-state index in [1.807, 2.05) is 36.1 Å². The maximum absolute atomic E-state index is 12.3. The highest BCUT2D eigenvalue weighted by Crippen LogP contribution is 2.18. The first kappa shape index (κ1) is 18.3. The Kier molecular flexibility index (Phi) is 7.06. The average molecular weight is 333 g/mol. The second-order valence-corrected chi connectivity index (χ2v) is 5.86. The minimum absolute atomic E-state index is 0.00133. The SMILES string of the molecule is CCNC(=O)CN1CCN(C(=O)COc2ccccc2CC)CC1. The van der Waals surface area contributed by atoms with E-state index in [1.165, 1.54) is 0 Å². The van der Waals surface area contributed by atoms with Crippen LogP contribution in [0.2, 0.25) is 0 Å². The monoisotopic (exact) mass is 333 g/mol. The van der Waals surface area contributed by atoms with Crippen LogP contribution in [-0.2, 0) is 16.0 Å². The number of ether oxygens (including phenoxy) is 1. The summed E-state index contributed by atoms with van der Waals surface area (Å²) >= 11 is 0. The molecule has 0 spiro atoms. The number of piperazine rings is 1. The number of rotatable bonds is 7. The van der Waals surface area contributed by atoms with Gasteiger partial charge in [-0.15, -0.1) is 0 Å². The van der Waals surface area contributed by atoms with Crippen molar-refractivity contribution in [2.24, 2.45) is 0 Å². The maximum atomic E-state index is 12.3. The molecule has 0 aliphatic carbocycles. The van der Waals surface area contributed by atoms with Gasteiger partial charge >= 0.3 is 0 Å². The third-order valence-corrected chi connectivity index (χ3v) is 4.17. The molecule has 0 radical (unpaired) electrons. The molecule has 1 heterocycles. The van der Waals surface area contributed by atoms with Crippen molar-refractivity contribution in [3.8, 4) is 5.75 Å². The van der Waals surface area contributed by atoms with Crippen molar-refractivity contribution in [1.82, 2.24) is 15.1 Å². The summed E-state index contributed by atoms with van der Waals surface area (Å²) in [6.07, 6.45) is 0.878. The van der Waals surface area contributed by atoms with Crippen molar-refractivity contribution in [3.63, 3.8) is 0 Å². The fourth-order valence-corrected chi connectivity index (χ4v) is 2.78. The number of likely N-dealkylation sites (N-methyl/N-ethyl adjacent to an activating group) is 1. The average Bonchev–Trinajstić information content (AvgIpc) is 2.60. The summed E-state index contributed by atoms with van der Waals surface area (Å²) in [5.74, 6) is 0.818. The fourth-order valence-electron chi connectivity index (χ4n) is 2.78. The van der Waals surface area contributed by atoms with Gasteiger partial charge in [-0.25, -0.2) is 0 Å². The zero-order valence-electron chi connectivity index (χ0n) is 14.6. The molecule has 132 valence electrons. The first-order valence-corrected chi connectivity index (χ1v) is 8.61. The Morgan fingerprint density at radius 1 is 1.12 bits per heavy atom. The maximum Gasteiger partial charge on any atom is 0.260 e. The minimum atomic E-state index is -0.00133. The Morgan fingerprint density at radius 3 is 2.50 bits per heavy atom. The molecule has 6 nitrogen and oxygen atoms in total. The van der Waals surface area contributed by atoms with Crippen LogP contribution < -0.4 is 10.1 Å². The van der Waals surface area contributed by atoms with E-state index in [0.29, 0.717) is 39.3 Å². The molecule has 1 N–H and O–H groups in total. The van der Waals surface area contributed by atoms with Crippen molar-refractivity contribution < 1.29 is 14.3 Å². The van der Waals surface area contributed by atoms with Crippen LogP contribution in [0.5, 0.6) is 5.75 Å². The number of hydrogen-bond donors (Lipinski definition) is 1. The zero-order valence-corrected chi connectivity index (χ0v) is 14.6. The zero-order chi connectivity index (χ0) is 17.4. The Labute approximate surface area is 143 Å². The third kappa shape index (κ3) is 5.23. The normalized spacial score (nSPS) is 15.2. The number of hydrogen-bond acceptors (Lipinski definition) is 4.